The summed E-state index contributed by atoms with van der Waals surface area (Å²) in [6.07, 6.45) is 62.0. The van der Waals surface area contributed by atoms with Crippen LogP contribution in [0.2, 0.25) is 0 Å². The Balaban J connectivity index is 3.85. The molecule has 0 aromatic heterocycles. The third-order valence-corrected chi connectivity index (χ3v) is 12.4. The highest BCUT2D eigenvalue weighted by Crippen LogP contribution is 2.43. The smallest absolute Gasteiger partial charge is 0.472 e. The summed E-state index contributed by atoms with van der Waals surface area (Å²) in [4.78, 5) is 46.2. The number of phosphoric ester groups is 1. The first-order valence-corrected chi connectivity index (χ1v) is 28.5. The van der Waals surface area contributed by atoms with E-state index in [1.807, 2.05) is 0 Å². The number of phosphoric acid groups is 1. The van der Waals surface area contributed by atoms with E-state index in [9.17, 15) is 34.1 Å². The predicted octanol–water partition coefficient (Wildman–Crippen LogP) is 15.2. The molecule has 4 N–H and O–H groups in total. The van der Waals surface area contributed by atoms with Gasteiger partial charge in [-0.1, -0.05) is 202 Å². The molecule has 392 valence electrons. The first kappa shape index (κ1) is 64.9. The molecule has 0 aromatic rings. The first-order valence-electron chi connectivity index (χ1n) is 27.0. The van der Waals surface area contributed by atoms with E-state index in [4.69, 9.17) is 13.8 Å². The van der Waals surface area contributed by atoms with E-state index in [0.29, 0.717) is 12.8 Å². The maximum atomic E-state index is 12.4. The van der Waals surface area contributed by atoms with Crippen molar-refractivity contribution in [2.75, 3.05) is 19.8 Å². The molecule has 0 aliphatic heterocycles. The number of aliphatic hydroxyl groups is 1. The fourth-order valence-corrected chi connectivity index (χ4v) is 8.04. The Morgan fingerprint density at radius 2 is 0.809 bits per heavy atom. The van der Waals surface area contributed by atoms with Crippen molar-refractivity contribution in [3.63, 3.8) is 0 Å². The Hall–Kier alpha value is -3.08. The SMILES string of the molecule is CCCCC/C=C\C/C=C\C/C=C\C/C=C\CCCCCCCCCC(=O)NC(COP(=O)(O)OCC(O)COC(=O)CCCCCCCCCCCCC/C=C\C/C=C\CCCCC)C(=O)O. The van der Waals surface area contributed by atoms with Crippen molar-refractivity contribution >= 4 is 25.7 Å². The van der Waals surface area contributed by atoms with E-state index in [2.05, 4.69) is 92.1 Å². The highest BCUT2D eigenvalue weighted by Gasteiger charge is 2.28. The zero-order valence-corrected chi connectivity index (χ0v) is 43.8. The van der Waals surface area contributed by atoms with Crippen LogP contribution in [0.3, 0.4) is 0 Å². The molecule has 3 atom stereocenters. The highest BCUT2D eigenvalue weighted by atomic mass is 31.2. The number of carbonyl (C=O) groups excluding carboxylic acids is 2. The molecule has 1 amide bonds. The average Bonchev–Trinajstić information content (AvgIpc) is 3.32. The van der Waals surface area contributed by atoms with E-state index in [-0.39, 0.29) is 12.8 Å². The minimum Gasteiger partial charge on any atom is -0.480 e. The highest BCUT2D eigenvalue weighted by molar-refractivity contribution is 7.47. The number of ether oxygens (including phenoxy) is 1. The summed E-state index contributed by atoms with van der Waals surface area (Å²) in [7, 11) is -4.77. The van der Waals surface area contributed by atoms with Gasteiger partial charge >= 0.3 is 19.8 Å². The summed E-state index contributed by atoms with van der Waals surface area (Å²) in [5.41, 5.74) is 0. The molecule has 12 heteroatoms. The molecule has 11 nitrogen and oxygen atoms in total. The van der Waals surface area contributed by atoms with Gasteiger partial charge in [0.15, 0.2) is 6.04 Å². The van der Waals surface area contributed by atoms with Gasteiger partial charge in [0.2, 0.25) is 5.91 Å². The summed E-state index contributed by atoms with van der Waals surface area (Å²) < 4.78 is 27.0. The second kappa shape index (κ2) is 50.3. The van der Waals surface area contributed by atoms with Gasteiger partial charge in [-0.2, -0.15) is 0 Å². The second-order valence-electron chi connectivity index (χ2n) is 18.1. The number of carboxylic acid groups (broad SMARTS) is 1. The van der Waals surface area contributed by atoms with Gasteiger partial charge in [-0.05, 0) is 89.9 Å². The van der Waals surface area contributed by atoms with Crippen LogP contribution in [-0.2, 0) is 32.7 Å². The third kappa shape index (κ3) is 49.3. The summed E-state index contributed by atoms with van der Waals surface area (Å²) in [5.74, 6) is -2.39. The van der Waals surface area contributed by atoms with E-state index in [1.165, 1.54) is 103 Å². The van der Waals surface area contributed by atoms with Crippen LogP contribution in [0.5, 0.6) is 0 Å². The Bertz CT molecular complexity index is 1420. The van der Waals surface area contributed by atoms with Crippen LogP contribution in [0.15, 0.2) is 72.9 Å². The number of amides is 1. The Labute approximate surface area is 414 Å². The topological polar surface area (TPSA) is 169 Å². The number of hydrogen-bond donors (Lipinski definition) is 4. The lowest BCUT2D eigenvalue weighted by Crippen LogP contribution is -2.43. The van der Waals surface area contributed by atoms with Gasteiger partial charge < -0.3 is 25.2 Å². The van der Waals surface area contributed by atoms with Gasteiger partial charge in [0.05, 0.1) is 13.2 Å². The van der Waals surface area contributed by atoms with Gasteiger partial charge in [0.1, 0.15) is 12.7 Å². The van der Waals surface area contributed by atoms with Crippen molar-refractivity contribution in [2.24, 2.45) is 0 Å². The molecule has 68 heavy (non-hydrogen) atoms. The zero-order valence-electron chi connectivity index (χ0n) is 42.9. The van der Waals surface area contributed by atoms with Gasteiger partial charge in [-0.25, -0.2) is 9.36 Å². The Morgan fingerprint density at radius 3 is 1.21 bits per heavy atom. The molecule has 0 saturated carbocycles. The maximum absolute atomic E-state index is 12.4. The molecule has 0 aromatic carbocycles. The van der Waals surface area contributed by atoms with Crippen LogP contribution in [0.1, 0.15) is 232 Å². The largest absolute Gasteiger partial charge is 0.480 e. The van der Waals surface area contributed by atoms with Crippen molar-refractivity contribution in [1.82, 2.24) is 5.32 Å². The first-order chi connectivity index (χ1) is 33.1. The number of aliphatic carboxylic acids is 1. The Morgan fingerprint density at radius 1 is 0.471 bits per heavy atom. The summed E-state index contributed by atoms with van der Waals surface area (Å²) in [6.45, 7) is 2.56. The van der Waals surface area contributed by atoms with Crippen molar-refractivity contribution < 1.29 is 47.8 Å². The van der Waals surface area contributed by atoms with E-state index >= 15 is 0 Å². The van der Waals surface area contributed by atoms with E-state index < -0.39 is 57.6 Å². The van der Waals surface area contributed by atoms with Crippen LogP contribution in [0.4, 0.5) is 0 Å². The number of allylic oxidation sites excluding steroid dienone is 12. The lowest BCUT2D eigenvalue weighted by atomic mass is 10.0. The van der Waals surface area contributed by atoms with Gasteiger partial charge in [0, 0.05) is 12.8 Å². The van der Waals surface area contributed by atoms with Gasteiger partial charge in [0.25, 0.3) is 0 Å². The molecule has 0 spiro atoms. The predicted molar refractivity (Wildman–Crippen MR) is 281 cm³/mol. The molecule has 0 rings (SSSR count). The fraction of sp³-hybridized carbons (Fsp3) is 0.732. The average molecular weight is 976 g/mol. The standard InChI is InChI=1S/C56H98NO10P/c1-3-5-7-9-11-13-15-17-19-21-23-25-26-28-29-31-33-35-37-39-41-43-45-47-54(59)57-53(56(61)62)51-67-68(63,64)66-50-52(58)49-65-55(60)48-46-44-42-40-38-36-34-32-30-27-24-22-20-18-16-14-12-10-8-6-4-2/h11-14,17-20,23,25,28-29,52-53,58H,3-10,15-16,21-22,24,26-27,30-51H2,1-2H3,(H,57,59)(H,61,62)(H,63,64)/b13-11-,14-12-,19-17-,20-18-,25-23-,29-28-. The lowest BCUT2D eigenvalue weighted by Gasteiger charge is -2.18. The quantitative estimate of drug-likeness (QED) is 0.0199. The van der Waals surface area contributed by atoms with E-state index in [0.717, 1.165) is 89.9 Å². The minimum atomic E-state index is -4.77. The second-order valence-corrected chi connectivity index (χ2v) is 19.5. The molecule has 0 bridgehead atoms. The van der Waals surface area contributed by atoms with Crippen LogP contribution in [0.25, 0.3) is 0 Å². The number of hydrogen-bond acceptors (Lipinski definition) is 8. The zero-order chi connectivity index (χ0) is 49.9. The molecule has 0 heterocycles. The monoisotopic (exact) mass is 976 g/mol. The van der Waals surface area contributed by atoms with Crippen molar-refractivity contribution in [2.45, 2.75) is 244 Å². The number of carbonyl (C=O) groups is 3. The molecule has 0 aliphatic carbocycles. The molecule has 3 unspecified atom stereocenters. The number of carboxylic acids is 1. The molecule has 0 radical (unpaired) electrons. The van der Waals surface area contributed by atoms with E-state index in [1.54, 1.807) is 0 Å². The van der Waals surface area contributed by atoms with Crippen LogP contribution in [-0.4, -0.2) is 64.9 Å². The Kier molecular flexibility index (Phi) is 48.0. The number of esters is 1. The van der Waals surface area contributed by atoms with Crippen molar-refractivity contribution in [1.29, 1.82) is 0 Å². The van der Waals surface area contributed by atoms with Crippen molar-refractivity contribution in [3.8, 4) is 0 Å². The molecular formula is C56H98NO10P. The fourth-order valence-electron chi connectivity index (χ4n) is 7.27. The maximum Gasteiger partial charge on any atom is 0.472 e. The molecule has 0 aliphatic rings. The lowest BCUT2D eigenvalue weighted by molar-refractivity contribution is -0.147. The third-order valence-electron chi connectivity index (χ3n) is 11.5. The normalized spacial score (nSPS) is 14.1. The molecule has 0 saturated heterocycles. The molecule has 0 fully saturated rings. The summed E-state index contributed by atoms with van der Waals surface area (Å²) in [6, 6.07) is -1.56. The number of nitrogens with one attached hydrogen (secondary N) is 1. The summed E-state index contributed by atoms with van der Waals surface area (Å²) in [5, 5.41) is 22.0. The van der Waals surface area contributed by atoms with Crippen LogP contribution in [0, 0.1) is 0 Å². The minimum absolute atomic E-state index is 0.130. The van der Waals surface area contributed by atoms with Gasteiger partial charge in [-0.3, -0.25) is 18.6 Å². The summed E-state index contributed by atoms with van der Waals surface area (Å²) >= 11 is 0. The van der Waals surface area contributed by atoms with Crippen LogP contribution >= 0.6 is 7.82 Å². The van der Waals surface area contributed by atoms with Gasteiger partial charge in [-0.15, -0.1) is 0 Å². The number of unbranched alkanes of at least 4 members (excludes halogenated alkanes) is 24. The van der Waals surface area contributed by atoms with Crippen LogP contribution < -0.4 is 5.32 Å². The number of rotatable bonds is 50. The molecular weight excluding hydrogens is 878 g/mol. The van der Waals surface area contributed by atoms with Crippen molar-refractivity contribution in [3.05, 3.63) is 72.9 Å². The number of aliphatic hydroxyl groups excluding tert-OH is 1.